The summed E-state index contributed by atoms with van der Waals surface area (Å²) in [7, 11) is -3.07. The minimum absolute atomic E-state index is 0.0751. The van der Waals surface area contributed by atoms with Crippen LogP contribution in [0.4, 0.5) is 0 Å². The van der Waals surface area contributed by atoms with E-state index in [-0.39, 0.29) is 23.6 Å². The Hall–Kier alpha value is -1.85. The van der Waals surface area contributed by atoms with E-state index in [2.05, 4.69) is 5.32 Å². The molecule has 0 aromatic heterocycles. The van der Waals surface area contributed by atoms with Crippen LogP contribution in [0.5, 0.6) is 5.75 Å². The highest BCUT2D eigenvalue weighted by atomic mass is 32.2. The van der Waals surface area contributed by atoms with Crippen LogP contribution in [0.25, 0.3) is 10.8 Å². The van der Waals surface area contributed by atoms with E-state index in [9.17, 15) is 13.5 Å². The Bertz CT molecular complexity index is 811. The lowest BCUT2D eigenvalue weighted by molar-refractivity contribution is 0.454. The lowest BCUT2D eigenvalue weighted by Crippen LogP contribution is -2.32. The number of phenols is 1. The number of hydrogen-bond acceptors (Lipinski definition) is 4. The van der Waals surface area contributed by atoms with Crippen LogP contribution in [0.1, 0.15) is 18.5 Å². The highest BCUT2D eigenvalue weighted by molar-refractivity contribution is 7.94. The molecule has 0 amide bonds. The van der Waals surface area contributed by atoms with Crippen LogP contribution in [0.3, 0.4) is 0 Å². The summed E-state index contributed by atoms with van der Waals surface area (Å²) in [4.78, 5) is 0. The van der Waals surface area contributed by atoms with Gasteiger partial charge in [-0.2, -0.15) is 0 Å². The van der Waals surface area contributed by atoms with Crippen LogP contribution in [0.2, 0.25) is 0 Å². The number of fused-ring (bicyclic) bond motifs is 1. The fraction of sp³-hybridized carbons (Fsp3) is 0.250. The Morgan fingerprint density at radius 3 is 2.71 bits per heavy atom. The van der Waals surface area contributed by atoms with E-state index in [0.29, 0.717) is 0 Å². The molecule has 2 aromatic carbocycles. The number of phenolic OH excluding ortho intramolecular Hbond substituents is 1. The van der Waals surface area contributed by atoms with Gasteiger partial charge in [0.1, 0.15) is 5.75 Å². The molecular formula is C16H17NO3S. The molecule has 2 atom stereocenters. The van der Waals surface area contributed by atoms with Crippen molar-refractivity contribution in [1.29, 1.82) is 0 Å². The Labute approximate surface area is 124 Å². The quantitative estimate of drug-likeness (QED) is 0.914. The average molecular weight is 303 g/mol. The van der Waals surface area contributed by atoms with Crippen molar-refractivity contribution >= 4 is 20.6 Å². The van der Waals surface area contributed by atoms with Crippen LogP contribution in [0, 0.1) is 0 Å². The van der Waals surface area contributed by atoms with Crippen molar-refractivity contribution in [3.8, 4) is 5.75 Å². The van der Waals surface area contributed by atoms with Gasteiger partial charge in [0.25, 0.3) is 0 Å². The molecule has 2 aromatic rings. The van der Waals surface area contributed by atoms with Crippen LogP contribution < -0.4 is 5.32 Å². The van der Waals surface area contributed by atoms with Gasteiger partial charge in [-0.05, 0) is 12.3 Å². The highest BCUT2D eigenvalue weighted by Gasteiger charge is 2.24. The van der Waals surface area contributed by atoms with Gasteiger partial charge in [0.05, 0.1) is 5.75 Å². The van der Waals surface area contributed by atoms with Crippen LogP contribution >= 0.6 is 0 Å². The van der Waals surface area contributed by atoms with E-state index in [1.807, 2.05) is 43.3 Å². The van der Waals surface area contributed by atoms with Crippen molar-refractivity contribution in [2.75, 3.05) is 5.75 Å². The van der Waals surface area contributed by atoms with E-state index in [4.69, 9.17) is 0 Å². The van der Waals surface area contributed by atoms with Crippen LogP contribution in [-0.2, 0) is 9.84 Å². The van der Waals surface area contributed by atoms with Crippen molar-refractivity contribution in [1.82, 2.24) is 5.32 Å². The SMILES string of the molecule is CC(NC1C=CS(=O)(=O)C1)c1ccc2ccccc2c1O. The van der Waals surface area contributed by atoms with E-state index >= 15 is 0 Å². The maximum absolute atomic E-state index is 11.4. The molecule has 0 spiro atoms. The van der Waals surface area contributed by atoms with Crippen LogP contribution in [0.15, 0.2) is 47.9 Å². The minimum atomic E-state index is -3.07. The number of nitrogens with one attached hydrogen (secondary N) is 1. The third kappa shape index (κ3) is 2.80. The maximum Gasteiger partial charge on any atom is 0.173 e. The molecule has 0 saturated heterocycles. The van der Waals surface area contributed by atoms with Crippen molar-refractivity contribution in [2.45, 2.75) is 19.0 Å². The second kappa shape index (κ2) is 5.16. The Kier molecular flexibility index (Phi) is 3.47. The van der Waals surface area contributed by atoms with Crippen molar-refractivity contribution in [3.63, 3.8) is 0 Å². The summed E-state index contributed by atoms with van der Waals surface area (Å²) in [6.07, 6.45) is 1.66. The number of sulfone groups is 1. The third-order valence-electron chi connectivity index (χ3n) is 3.79. The minimum Gasteiger partial charge on any atom is -0.507 e. The molecule has 0 aliphatic carbocycles. The zero-order chi connectivity index (χ0) is 15.0. The van der Waals surface area contributed by atoms with Gasteiger partial charge in [-0.3, -0.25) is 0 Å². The maximum atomic E-state index is 11.4. The Morgan fingerprint density at radius 2 is 2.00 bits per heavy atom. The molecule has 1 heterocycles. The molecule has 0 saturated carbocycles. The molecule has 1 aliphatic rings. The number of rotatable bonds is 3. The Balaban J connectivity index is 1.87. The number of aromatic hydroxyl groups is 1. The first-order chi connectivity index (χ1) is 9.96. The predicted molar refractivity (Wildman–Crippen MR) is 83.9 cm³/mol. The second-order valence-corrected chi connectivity index (χ2v) is 7.31. The highest BCUT2D eigenvalue weighted by Crippen LogP contribution is 2.32. The fourth-order valence-corrected chi connectivity index (χ4v) is 3.96. The van der Waals surface area contributed by atoms with Crippen molar-refractivity contribution < 1.29 is 13.5 Å². The van der Waals surface area contributed by atoms with E-state index in [1.54, 1.807) is 6.08 Å². The molecule has 21 heavy (non-hydrogen) atoms. The molecular weight excluding hydrogens is 286 g/mol. The normalized spacial score (nSPS) is 21.7. The zero-order valence-electron chi connectivity index (χ0n) is 11.7. The van der Waals surface area contributed by atoms with Crippen molar-refractivity contribution in [3.05, 3.63) is 53.4 Å². The van der Waals surface area contributed by atoms with E-state index < -0.39 is 9.84 Å². The first-order valence-electron chi connectivity index (χ1n) is 6.84. The average Bonchev–Trinajstić information content (AvgIpc) is 2.78. The van der Waals surface area contributed by atoms with Gasteiger partial charge < -0.3 is 10.4 Å². The molecule has 2 unspecified atom stereocenters. The Morgan fingerprint density at radius 1 is 1.24 bits per heavy atom. The molecule has 2 N–H and O–H groups in total. The lowest BCUT2D eigenvalue weighted by atomic mass is 10.0. The summed E-state index contributed by atoms with van der Waals surface area (Å²) in [5.41, 5.74) is 0.770. The molecule has 0 radical (unpaired) electrons. The van der Waals surface area contributed by atoms with Gasteiger partial charge >= 0.3 is 0 Å². The zero-order valence-corrected chi connectivity index (χ0v) is 12.5. The smallest absolute Gasteiger partial charge is 0.173 e. The van der Waals surface area contributed by atoms with Gasteiger partial charge in [-0.25, -0.2) is 8.42 Å². The fourth-order valence-electron chi connectivity index (χ4n) is 2.71. The van der Waals surface area contributed by atoms with Gasteiger partial charge in [0.2, 0.25) is 0 Å². The topological polar surface area (TPSA) is 66.4 Å². The van der Waals surface area contributed by atoms with Gasteiger partial charge in [-0.15, -0.1) is 0 Å². The molecule has 0 bridgehead atoms. The number of benzene rings is 2. The summed E-state index contributed by atoms with van der Waals surface area (Å²) < 4.78 is 22.8. The summed E-state index contributed by atoms with van der Waals surface area (Å²) in [5, 5.41) is 16.7. The monoisotopic (exact) mass is 303 g/mol. The second-order valence-electron chi connectivity index (χ2n) is 5.38. The van der Waals surface area contributed by atoms with Gasteiger partial charge in [0, 0.05) is 28.4 Å². The summed E-state index contributed by atoms with van der Waals surface area (Å²) >= 11 is 0. The standard InChI is InChI=1S/C16H17NO3S/c1-11(17-13-8-9-21(19,20)10-13)14-7-6-12-4-2-3-5-15(12)16(14)18/h2-9,11,13,17-18H,10H2,1H3. The number of hydrogen-bond donors (Lipinski definition) is 2. The summed E-state index contributed by atoms with van der Waals surface area (Å²) in [6, 6.07) is 11.1. The summed E-state index contributed by atoms with van der Waals surface area (Å²) in [6.45, 7) is 1.92. The molecule has 3 rings (SSSR count). The van der Waals surface area contributed by atoms with Gasteiger partial charge in [-0.1, -0.05) is 42.5 Å². The van der Waals surface area contributed by atoms with Crippen LogP contribution in [-0.4, -0.2) is 25.3 Å². The third-order valence-corrected chi connectivity index (χ3v) is 5.19. The van der Waals surface area contributed by atoms with Crippen molar-refractivity contribution in [2.24, 2.45) is 0 Å². The van der Waals surface area contributed by atoms with Gasteiger partial charge in [0.15, 0.2) is 9.84 Å². The summed E-state index contributed by atoms with van der Waals surface area (Å²) in [5.74, 6) is 0.323. The molecule has 1 aliphatic heterocycles. The molecule has 4 nitrogen and oxygen atoms in total. The molecule has 110 valence electrons. The first kappa shape index (κ1) is 14.1. The molecule has 0 fully saturated rings. The first-order valence-corrected chi connectivity index (χ1v) is 8.55. The predicted octanol–water partition coefficient (Wildman–Crippen LogP) is 2.51. The van der Waals surface area contributed by atoms with E-state index in [1.165, 1.54) is 5.41 Å². The molecule has 5 heteroatoms. The largest absolute Gasteiger partial charge is 0.507 e. The van der Waals surface area contributed by atoms with E-state index in [0.717, 1.165) is 16.3 Å². The lowest BCUT2D eigenvalue weighted by Gasteiger charge is -2.20.